The first-order valence-corrected chi connectivity index (χ1v) is 8.58. The molecule has 0 bridgehead atoms. The van der Waals surface area contributed by atoms with Gasteiger partial charge in [0.1, 0.15) is 5.69 Å². The number of hydrogen-bond acceptors (Lipinski definition) is 8. The van der Waals surface area contributed by atoms with E-state index in [0.29, 0.717) is 28.2 Å². The zero-order valence-corrected chi connectivity index (χ0v) is 15.1. The van der Waals surface area contributed by atoms with E-state index in [-0.39, 0.29) is 16.2 Å². The van der Waals surface area contributed by atoms with Crippen molar-refractivity contribution in [1.82, 2.24) is 14.6 Å². The molecule has 0 aliphatic carbocycles. The van der Waals surface area contributed by atoms with Crippen LogP contribution in [-0.2, 0) is 4.79 Å². The second-order valence-corrected chi connectivity index (χ2v) is 6.35. The zero-order chi connectivity index (χ0) is 18.8. The lowest BCUT2D eigenvalue weighted by atomic mass is 10.2. The lowest BCUT2D eigenvalue weighted by Crippen LogP contribution is -2.27. The third kappa shape index (κ3) is 3.47. The fraction of sp³-hybridized carbons (Fsp3) is 0.235. The quantitative estimate of drug-likeness (QED) is 0.490. The molecule has 0 N–H and O–H groups in total. The second-order valence-electron chi connectivity index (χ2n) is 5.35. The van der Waals surface area contributed by atoms with E-state index in [1.54, 1.807) is 24.3 Å². The Hall–Kier alpha value is -3.07. The summed E-state index contributed by atoms with van der Waals surface area (Å²) in [5.74, 6) is 0.248. The van der Waals surface area contributed by atoms with Crippen molar-refractivity contribution in [1.29, 1.82) is 0 Å². The van der Waals surface area contributed by atoms with Crippen LogP contribution in [-0.4, -0.2) is 27.2 Å². The summed E-state index contributed by atoms with van der Waals surface area (Å²) < 4.78 is 12.1. The van der Waals surface area contributed by atoms with E-state index < -0.39 is 11.5 Å². The van der Waals surface area contributed by atoms with Gasteiger partial charge in [-0.2, -0.15) is 14.6 Å². The highest BCUT2D eigenvalue weighted by Crippen LogP contribution is 2.29. The molecule has 134 valence electrons. The van der Waals surface area contributed by atoms with Gasteiger partial charge in [-0.3, -0.25) is 14.4 Å². The molecule has 9 heteroatoms. The molecule has 0 amide bonds. The molecular formula is C17H15N3O5S. The van der Waals surface area contributed by atoms with Gasteiger partial charge in [0.2, 0.25) is 4.96 Å². The smallest absolute Gasteiger partial charge is 0.308 e. The number of carbonyl (C=O) groups excluding carboxylic acids is 1. The summed E-state index contributed by atoms with van der Waals surface area (Å²) in [4.78, 5) is 39.3. The van der Waals surface area contributed by atoms with Gasteiger partial charge in [-0.25, -0.2) is 0 Å². The van der Waals surface area contributed by atoms with Crippen LogP contribution in [0, 0.1) is 6.92 Å². The van der Waals surface area contributed by atoms with Crippen LogP contribution in [0.5, 0.6) is 11.5 Å². The van der Waals surface area contributed by atoms with Crippen molar-refractivity contribution in [3.05, 3.63) is 54.7 Å². The molecule has 8 nitrogen and oxygen atoms in total. The van der Waals surface area contributed by atoms with E-state index in [1.165, 1.54) is 13.8 Å². The molecule has 0 spiro atoms. The first kappa shape index (κ1) is 17.7. The summed E-state index contributed by atoms with van der Waals surface area (Å²) in [5, 5.41) is 3.97. The van der Waals surface area contributed by atoms with Crippen LogP contribution < -0.4 is 25.1 Å². The van der Waals surface area contributed by atoms with Crippen molar-refractivity contribution >= 4 is 28.3 Å². The van der Waals surface area contributed by atoms with E-state index in [1.807, 2.05) is 6.92 Å². The molecule has 0 saturated carbocycles. The molecule has 0 aliphatic heterocycles. The molecule has 2 aromatic heterocycles. The third-order valence-corrected chi connectivity index (χ3v) is 4.32. The van der Waals surface area contributed by atoms with Gasteiger partial charge in [-0.05, 0) is 37.6 Å². The highest BCUT2D eigenvalue weighted by Gasteiger charge is 2.10. The number of aryl methyl sites for hydroxylation is 1. The lowest BCUT2D eigenvalue weighted by molar-refractivity contribution is -0.132. The van der Waals surface area contributed by atoms with Crippen LogP contribution in [0.15, 0.2) is 27.8 Å². The Kier molecular flexibility index (Phi) is 4.81. The average Bonchev–Trinajstić information content (AvgIpc) is 2.86. The zero-order valence-electron chi connectivity index (χ0n) is 14.3. The number of nitrogens with zero attached hydrogens (tertiary/aromatic N) is 3. The van der Waals surface area contributed by atoms with Crippen molar-refractivity contribution in [3.63, 3.8) is 0 Å². The Morgan fingerprint density at radius 1 is 1.31 bits per heavy atom. The largest absolute Gasteiger partial charge is 0.490 e. The van der Waals surface area contributed by atoms with E-state index in [2.05, 4.69) is 10.1 Å². The Morgan fingerprint density at radius 2 is 2.08 bits per heavy atom. The number of aromatic nitrogens is 3. The van der Waals surface area contributed by atoms with Gasteiger partial charge >= 0.3 is 5.97 Å². The highest BCUT2D eigenvalue weighted by atomic mass is 32.1. The number of esters is 1. The summed E-state index contributed by atoms with van der Waals surface area (Å²) in [6.07, 6.45) is 1.64. The van der Waals surface area contributed by atoms with Gasteiger partial charge < -0.3 is 9.47 Å². The van der Waals surface area contributed by atoms with Crippen molar-refractivity contribution in [2.24, 2.45) is 0 Å². The predicted octanol–water partition coefficient (Wildman–Crippen LogP) is 0.691. The molecule has 26 heavy (non-hydrogen) atoms. The fourth-order valence-electron chi connectivity index (χ4n) is 2.26. The maximum Gasteiger partial charge on any atom is 0.308 e. The van der Waals surface area contributed by atoms with Crippen LogP contribution in [0.1, 0.15) is 25.1 Å². The molecule has 3 aromatic rings. The normalized spacial score (nSPS) is 11.7. The summed E-state index contributed by atoms with van der Waals surface area (Å²) in [6.45, 7) is 5.01. The SMILES string of the molecule is CCOc1cc(/C=c2/sc3nc(=O)c(C)nn3c2=O)ccc1OC(C)=O. The standard InChI is InChI=1S/C17H15N3O5S/c1-4-24-13-7-11(5-6-12(13)25-10(3)21)8-14-16(23)20-17(26-14)18-15(22)9(2)19-20/h5-8H,4H2,1-3H3/b14-8+. The molecule has 3 rings (SSSR count). The summed E-state index contributed by atoms with van der Waals surface area (Å²) in [6, 6.07) is 4.96. The van der Waals surface area contributed by atoms with Gasteiger partial charge in [0.05, 0.1) is 11.1 Å². The topological polar surface area (TPSA) is 99.9 Å². The second kappa shape index (κ2) is 7.04. The summed E-state index contributed by atoms with van der Waals surface area (Å²) in [7, 11) is 0. The number of thiazole rings is 1. The van der Waals surface area contributed by atoms with Crippen LogP contribution in [0.2, 0.25) is 0 Å². The van der Waals surface area contributed by atoms with Crippen LogP contribution in [0.25, 0.3) is 11.0 Å². The summed E-state index contributed by atoms with van der Waals surface area (Å²) in [5.41, 5.74) is 0.0192. The van der Waals surface area contributed by atoms with Crippen LogP contribution >= 0.6 is 11.3 Å². The molecule has 0 saturated heterocycles. The number of hydrogen-bond donors (Lipinski definition) is 0. The number of rotatable bonds is 4. The van der Waals surface area contributed by atoms with E-state index >= 15 is 0 Å². The Bertz CT molecular complexity index is 1170. The maximum atomic E-state index is 12.5. The molecule has 2 heterocycles. The van der Waals surface area contributed by atoms with E-state index in [4.69, 9.17) is 9.47 Å². The first-order chi connectivity index (χ1) is 12.4. The van der Waals surface area contributed by atoms with Crippen LogP contribution in [0.3, 0.4) is 0 Å². The number of benzene rings is 1. The average molecular weight is 373 g/mol. The number of carbonyl (C=O) groups is 1. The van der Waals surface area contributed by atoms with E-state index in [9.17, 15) is 14.4 Å². The van der Waals surface area contributed by atoms with Crippen molar-refractivity contribution < 1.29 is 14.3 Å². The molecule has 0 unspecified atom stereocenters. The fourth-order valence-corrected chi connectivity index (χ4v) is 3.16. The van der Waals surface area contributed by atoms with Gasteiger partial charge in [0, 0.05) is 6.92 Å². The van der Waals surface area contributed by atoms with Crippen molar-refractivity contribution in [2.45, 2.75) is 20.8 Å². The molecule has 1 aromatic carbocycles. The molecule has 0 fully saturated rings. The molecular weight excluding hydrogens is 358 g/mol. The first-order valence-electron chi connectivity index (χ1n) is 7.76. The minimum atomic E-state index is -0.456. The minimum absolute atomic E-state index is 0.160. The molecule has 0 aliphatic rings. The monoisotopic (exact) mass is 373 g/mol. The Morgan fingerprint density at radius 3 is 2.77 bits per heavy atom. The van der Waals surface area contributed by atoms with Crippen molar-refractivity contribution in [2.75, 3.05) is 6.61 Å². The Labute approximate surface area is 151 Å². The minimum Gasteiger partial charge on any atom is -0.490 e. The predicted molar refractivity (Wildman–Crippen MR) is 95.8 cm³/mol. The Balaban J connectivity index is 2.12. The highest BCUT2D eigenvalue weighted by molar-refractivity contribution is 7.15. The van der Waals surface area contributed by atoms with Gasteiger partial charge in [0.25, 0.3) is 11.1 Å². The van der Waals surface area contributed by atoms with E-state index in [0.717, 1.165) is 15.9 Å². The number of fused-ring (bicyclic) bond motifs is 1. The molecule has 0 radical (unpaired) electrons. The van der Waals surface area contributed by atoms with Crippen molar-refractivity contribution in [3.8, 4) is 11.5 Å². The van der Waals surface area contributed by atoms with Crippen LogP contribution in [0.4, 0.5) is 0 Å². The third-order valence-electron chi connectivity index (χ3n) is 3.36. The van der Waals surface area contributed by atoms with Gasteiger partial charge in [0.15, 0.2) is 11.5 Å². The lowest BCUT2D eigenvalue weighted by Gasteiger charge is -2.10. The maximum absolute atomic E-state index is 12.5. The van der Waals surface area contributed by atoms with Gasteiger partial charge in [-0.1, -0.05) is 17.4 Å². The molecule has 0 atom stereocenters. The number of ether oxygens (including phenoxy) is 2. The summed E-state index contributed by atoms with van der Waals surface area (Å²) >= 11 is 1.07. The van der Waals surface area contributed by atoms with Gasteiger partial charge in [-0.15, -0.1) is 0 Å².